The van der Waals surface area contributed by atoms with Crippen molar-refractivity contribution in [1.82, 2.24) is 0 Å². The van der Waals surface area contributed by atoms with Gasteiger partial charge in [0.25, 0.3) is 0 Å². The molecule has 0 unspecified atom stereocenters. The number of anilines is 1. The number of carbonyl (C=O) groups excluding carboxylic acids is 2. The van der Waals surface area contributed by atoms with Crippen molar-refractivity contribution >= 4 is 17.9 Å². The largest absolute Gasteiger partial charge is 0.513 e. The van der Waals surface area contributed by atoms with Crippen LogP contribution in [-0.2, 0) is 9.47 Å². The Balaban J connectivity index is 2.37. The van der Waals surface area contributed by atoms with Crippen molar-refractivity contribution in [3.63, 3.8) is 0 Å². The van der Waals surface area contributed by atoms with Crippen molar-refractivity contribution in [2.24, 2.45) is 0 Å². The lowest BCUT2D eigenvalue weighted by Gasteiger charge is -2.09. The third kappa shape index (κ3) is 9.02. The van der Waals surface area contributed by atoms with Crippen LogP contribution in [-0.4, -0.2) is 25.5 Å². The maximum Gasteiger partial charge on any atom is 0.513 e. The predicted molar refractivity (Wildman–Crippen MR) is 92.4 cm³/mol. The SMILES string of the molecule is CCCCCOC(=O)Nc1cccc(OC(=O)OCCCCC)c1. The van der Waals surface area contributed by atoms with E-state index in [9.17, 15) is 9.59 Å². The second-order valence-corrected chi connectivity index (χ2v) is 5.40. The first-order valence-electron chi connectivity index (χ1n) is 8.54. The van der Waals surface area contributed by atoms with Gasteiger partial charge in [0, 0.05) is 11.8 Å². The van der Waals surface area contributed by atoms with Crippen LogP contribution in [0.5, 0.6) is 5.75 Å². The van der Waals surface area contributed by atoms with Gasteiger partial charge >= 0.3 is 12.2 Å². The van der Waals surface area contributed by atoms with Gasteiger partial charge in [-0.3, -0.25) is 5.32 Å². The van der Waals surface area contributed by atoms with Crippen LogP contribution in [0.1, 0.15) is 52.4 Å². The van der Waals surface area contributed by atoms with E-state index in [1.54, 1.807) is 24.3 Å². The average molecular weight is 337 g/mol. The van der Waals surface area contributed by atoms with E-state index in [2.05, 4.69) is 19.2 Å². The molecule has 0 fully saturated rings. The molecule has 1 amide bonds. The first-order chi connectivity index (χ1) is 11.7. The minimum Gasteiger partial charge on any atom is -0.449 e. The summed E-state index contributed by atoms with van der Waals surface area (Å²) >= 11 is 0. The van der Waals surface area contributed by atoms with Gasteiger partial charge in [-0.15, -0.1) is 0 Å². The molecule has 1 N–H and O–H groups in total. The molecule has 134 valence electrons. The van der Waals surface area contributed by atoms with Gasteiger partial charge in [0.15, 0.2) is 0 Å². The summed E-state index contributed by atoms with van der Waals surface area (Å²) in [5.74, 6) is 0.305. The molecule has 0 saturated carbocycles. The van der Waals surface area contributed by atoms with Gasteiger partial charge in [-0.1, -0.05) is 45.6 Å². The van der Waals surface area contributed by atoms with Gasteiger partial charge < -0.3 is 14.2 Å². The van der Waals surface area contributed by atoms with Crippen LogP contribution in [0.3, 0.4) is 0 Å². The summed E-state index contributed by atoms with van der Waals surface area (Å²) in [4.78, 5) is 23.2. The second kappa shape index (κ2) is 12.2. The first-order valence-corrected chi connectivity index (χ1v) is 8.54. The highest BCUT2D eigenvalue weighted by Gasteiger charge is 2.08. The van der Waals surface area contributed by atoms with E-state index in [4.69, 9.17) is 14.2 Å². The van der Waals surface area contributed by atoms with Crippen LogP contribution < -0.4 is 10.1 Å². The summed E-state index contributed by atoms with van der Waals surface area (Å²) in [5.41, 5.74) is 0.492. The highest BCUT2D eigenvalue weighted by Crippen LogP contribution is 2.18. The number of carbonyl (C=O) groups is 2. The fraction of sp³-hybridized carbons (Fsp3) is 0.556. The number of hydrogen-bond acceptors (Lipinski definition) is 5. The fourth-order valence-electron chi connectivity index (χ4n) is 1.94. The molecule has 6 heteroatoms. The minimum atomic E-state index is -0.745. The standard InChI is InChI=1S/C18H27NO5/c1-3-5-7-12-22-17(20)19-15-10-9-11-16(14-15)24-18(21)23-13-8-6-4-2/h9-11,14H,3-8,12-13H2,1-2H3,(H,19,20). The van der Waals surface area contributed by atoms with Crippen LogP contribution in [0.15, 0.2) is 24.3 Å². The summed E-state index contributed by atoms with van der Waals surface area (Å²) < 4.78 is 15.1. The maximum absolute atomic E-state index is 11.6. The molecular formula is C18H27NO5. The van der Waals surface area contributed by atoms with Gasteiger partial charge in [-0.05, 0) is 25.0 Å². The molecule has 1 rings (SSSR count). The molecule has 24 heavy (non-hydrogen) atoms. The Hall–Kier alpha value is -2.24. The number of amides is 1. The topological polar surface area (TPSA) is 73.9 Å². The molecule has 0 spiro atoms. The van der Waals surface area contributed by atoms with Crippen molar-refractivity contribution in [2.45, 2.75) is 52.4 Å². The Labute approximate surface area is 143 Å². The summed E-state index contributed by atoms with van der Waals surface area (Å²) in [5, 5.41) is 2.60. The summed E-state index contributed by atoms with van der Waals surface area (Å²) in [7, 11) is 0. The third-order valence-corrected chi connectivity index (χ3v) is 3.23. The lowest BCUT2D eigenvalue weighted by atomic mass is 10.3. The van der Waals surface area contributed by atoms with Crippen LogP contribution in [0, 0.1) is 0 Å². The summed E-state index contributed by atoms with van der Waals surface area (Å²) in [6, 6.07) is 6.52. The number of ether oxygens (including phenoxy) is 3. The highest BCUT2D eigenvalue weighted by molar-refractivity contribution is 5.85. The normalized spacial score (nSPS) is 10.1. The molecule has 0 aliphatic rings. The van der Waals surface area contributed by atoms with E-state index >= 15 is 0 Å². The molecule has 0 bridgehead atoms. The highest BCUT2D eigenvalue weighted by atomic mass is 16.7. The minimum absolute atomic E-state index is 0.305. The van der Waals surface area contributed by atoms with Gasteiger partial charge in [0.2, 0.25) is 0 Å². The zero-order valence-corrected chi connectivity index (χ0v) is 14.5. The smallest absolute Gasteiger partial charge is 0.449 e. The summed E-state index contributed by atoms with van der Waals surface area (Å²) in [6.07, 6.45) is 4.55. The van der Waals surface area contributed by atoms with E-state index in [1.807, 2.05) is 0 Å². The van der Waals surface area contributed by atoms with E-state index in [0.717, 1.165) is 38.5 Å². The molecule has 0 saturated heterocycles. The quantitative estimate of drug-likeness (QED) is 0.364. The molecule has 6 nitrogen and oxygen atoms in total. The van der Waals surface area contributed by atoms with Gasteiger partial charge in [0.05, 0.1) is 13.2 Å². The molecule has 0 radical (unpaired) electrons. The lowest BCUT2D eigenvalue weighted by molar-refractivity contribution is 0.0974. The van der Waals surface area contributed by atoms with E-state index in [-0.39, 0.29) is 0 Å². The number of rotatable bonds is 10. The number of unbranched alkanes of at least 4 members (excludes halogenated alkanes) is 4. The molecule has 1 aromatic carbocycles. The Morgan fingerprint density at radius 1 is 0.958 bits per heavy atom. The zero-order chi connectivity index (χ0) is 17.6. The molecule has 0 heterocycles. The first kappa shape index (κ1) is 19.8. The Kier molecular flexibility index (Phi) is 10.1. The number of benzene rings is 1. The molecule has 1 aromatic rings. The maximum atomic E-state index is 11.6. The third-order valence-electron chi connectivity index (χ3n) is 3.23. The molecule has 0 aliphatic carbocycles. The Bertz CT molecular complexity index is 463. The van der Waals surface area contributed by atoms with Crippen molar-refractivity contribution in [1.29, 1.82) is 0 Å². The van der Waals surface area contributed by atoms with Gasteiger partial charge in [-0.2, -0.15) is 0 Å². The van der Waals surface area contributed by atoms with Crippen LogP contribution in [0.25, 0.3) is 0 Å². The zero-order valence-electron chi connectivity index (χ0n) is 14.5. The monoisotopic (exact) mass is 337 g/mol. The lowest BCUT2D eigenvalue weighted by Crippen LogP contribution is -2.15. The molecule has 0 atom stereocenters. The van der Waals surface area contributed by atoms with Crippen LogP contribution >= 0.6 is 0 Å². The number of nitrogens with one attached hydrogen (secondary N) is 1. The van der Waals surface area contributed by atoms with E-state index in [1.165, 1.54) is 0 Å². The van der Waals surface area contributed by atoms with Gasteiger partial charge in [0.1, 0.15) is 5.75 Å². The van der Waals surface area contributed by atoms with Gasteiger partial charge in [-0.25, -0.2) is 9.59 Å². The molecule has 0 aromatic heterocycles. The molecule has 0 aliphatic heterocycles. The predicted octanol–water partition coefficient (Wildman–Crippen LogP) is 5.13. The van der Waals surface area contributed by atoms with E-state index < -0.39 is 12.2 Å². The van der Waals surface area contributed by atoms with Crippen molar-refractivity contribution < 1.29 is 23.8 Å². The Morgan fingerprint density at radius 3 is 2.29 bits per heavy atom. The second-order valence-electron chi connectivity index (χ2n) is 5.40. The average Bonchev–Trinajstić information content (AvgIpc) is 2.56. The fourth-order valence-corrected chi connectivity index (χ4v) is 1.94. The molecular weight excluding hydrogens is 310 g/mol. The van der Waals surface area contributed by atoms with E-state index in [0.29, 0.717) is 24.7 Å². The summed E-state index contributed by atoms with van der Waals surface area (Å²) in [6.45, 7) is 4.89. The van der Waals surface area contributed by atoms with Crippen molar-refractivity contribution in [2.75, 3.05) is 18.5 Å². The number of hydrogen-bond donors (Lipinski definition) is 1. The van der Waals surface area contributed by atoms with Crippen LogP contribution in [0.4, 0.5) is 15.3 Å². The van der Waals surface area contributed by atoms with Crippen LogP contribution in [0.2, 0.25) is 0 Å². The Morgan fingerprint density at radius 2 is 1.62 bits per heavy atom. The van der Waals surface area contributed by atoms with Crippen molar-refractivity contribution in [3.05, 3.63) is 24.3 Å². The van der Waals surface area contributed by atoms with Crippen molar-refractivity contribution in [3.8, 4) is 5.75 Å².